The maximum atomic E-state index is 12.4. The van der Waals surface area contributed by atoms with Crippen molar-refractivity contribution in [2.75, 3.05) is 13.6 Å². The van der Waals surface area contributed by atoms with Crippen LogP contribution in [0.2, 0.25) is 0 Å². The number of alkyl halides is 3. The predicted molar refractivity (Wildman–Crippen MR) is 92.7 cm³/mol. The van der Waals surface area contributed by atoms with Gasteiger partial charge < -0.3 is 10.6 Å². The molecule has 1 heterocycles. The maximum absolute atomic E-state index is 12.4. The smallest absolute Gasteiger partial charge is 0.356 e. The molecule has 0 atom stereocenters. The van der Waals surface area contributed by atoms with Gasteiger partial charge in [0.2, 0.25) is 0 Å². The average molecular weight is 448 g/mol. The molecule has 126 valence electrons. The minimum absolute atomic E-state index is 0. The summed E-state index contributed by atoms with van der Waals surface area (Å²) >= 11 is 0.993. The van der Waals surface area contributed by atoms with Crippen LogP contribution in [-0.2, 0) is 12.7 Å². The van der Waals surface area contributed by atoms with Gasteiger partial charge in [-0.25, -0.2) is 4.98 Å². The normalized spacial score (nSPS) is 15.4. The third-order valence-electron chi connectivity index (χ3n) is 3.25. The van der Waals surface area contributed by atoms with E-state index in [4.69, 9.17) is 0 Å². The first-order valence-corrected chi connectivity index (χ1v) is 7.83. The SMILES string of the molecule is CN=C(NCCCC1CC1)NCc1nc(C(F)(F)F)cs1.I. The molecule has 1 aromatic heterocycles. The van der Waals surface area contributed by atoms with Crippen molar-refractivity contribution >= 4 is 41.3 Å². The van der Waals surface area contributed by atoms with Gasteiger partial charge in [0.05, 0.1) is 6.54 Å². The largest absolute Gasteiger partial charge is 0.434 e. The Kier molecular flexibility index (Phi) is 7.87. The Hall–Kier alpha value is -0.580. The number of aliphatic imine (C=N–C) groups is 1. The lowest BCUT2D eigenvalue weighted by Gasteiger charge is -2.10. The van der Waals surface area contributed by atoms with Crippen LogP contribution in [0.15, 0.2) is 10.4 Å². The first-order valence-electron chi connectivity index (χ1n) is 6.95. The molecule has 1 saturated carbocycles. The van der Waals surface area contributed by atoms with E-state index in [0.29, 0.717) is 11.0 Å². The van der Waals surface area contributed by atoms with E-state index < -0.39 is 11.9 Å². The van der Waals surface area contributed by atoms with Crippen LogP contribution in [0.5, 0.6) is 0 Å². The number of halogens is 4. The molecule has 1 aromatic rings. The third-order valence-corrected chi connectivity index (χ3v) is 4.10. The first-order chi connectivity index (χ1) is 9.99. The van der Waals surface area contributed by atoms with E-state index >= 15 is 0 Å². The number of thiazole rings is 1. The van der Waals surface area contributed by atoms with Crippen molar-refractivity contribution in [2.45, 2.75) is 38.4 Å². The fourth-order valence-electron chi connectivity index (χ4n) is 1.91. The van der Waals surface area contributed by atoms with Crippen LogP contribution in [0.4, 0.5) is 13.2 Å². The second-order valence-corrected chi connectivity index (χ2v) is 6.01. The van der Waals surface area contributed by atoms with Crippen LogP contribution < -0.4 is 10.6 Å². The molecule has 1 aliphatic carbocycles. The van der Waals surface area contributed by atoms with E-state index in [-0.39, 0.29) is 30.5 Å². The molecule has 1 fully saturated rings. The second-order valence-electron chi connectivity index (χ2n) is 5.06. The van der Waals surface area contributed by atoms with E-state index in [2.05, 4.69) is 20.6 Å². The minimum Gasteiger partial charge on any atom is -0.356 e. The lowest BCUT2D eigenvalue weighted by molar-refractivity contribution is -0.140. The highest BCUT2D eigenvalue weighted by Gasteiger charge is 2.33. The van der Waals surface area contributed by atoms with Crippen molar-refractivity contribution in [2.24, 2.45) is 10.9 Å². The van der Waals surface area contributed by atoms with Gasteiger partial charge in [-0.3, -0.25) is 4.99 Å². The molecule has 0 amide bonds. The molecule has 22 heavy (non-hydrogen) atoms. The molecule has 0 bridgehead atoms. The van der Waals surface area contributed by atoms with Crippen LogP contribution >= 0.6 is 35.3 Å². The summed E-state index contributed by atoms with van der Waals surface area (Å²) in [5.74, 6) is 1.49. The highest BCUT2D eigenvalue weighted by Crippen LogP contribution is 2.33. The third kappa shape index (κ3) is 6.67. The van der Waals surface area contributed by atoms with E-state index in [9.17, 15) is 13.2 Å². The van der Waals surface area contributed by atoms with Crippen LogP contribution in [-0.4, -0.2) is 24.5 Å². The van der Waals surface area contributed by atoms with Crippen molar-refractivity contribution in [3.63, 3.8) is 0 Å². The van der Waals surface area contributed by atoms with Gasteiger partial charge >= 0.3 is 6.18 Å². The molecule has 9 heteroatoms. The lowest BCUT2D eigenvalue weighted by Crippen LogP contribution is -2.37. The van der Waals surface area contributed by atoms with Gasteiger partial charge in [0.25, 0.3) is 0 Å². The predicted octanol–water partition coefficient (Wildman–Crippen LogP) is 3.64. The number of aromatic nitrogens is 1. The van der Waals surface area contributed by atoms with E-state index in [1.165, 1.54) is 19.3 Å². The Morgan fingerprint density at radius 1 is 1.41 bits per heavy atom. The van der Waals surface area contributed by atoms with Gasteiger partial charge in [-0.15, -0.1) is 35.3 Å². The van der Waals surface area contributed by atoms with Gasteiger partial charge in [0.15, 0.2) is 11.7 Å². The highest BCUT2D eigenvalue weighted by molar-refractivity contribution is 14.0. The summed E-state index contributed by atoms with van der Waals surface area (Å²) in [4.78, 5) is 7.60. The molecule has 2 rings (SSSR count). The quantitative estimate of drug-likeness (QED) is 0.303. The number of nitrogens with one attached hydrogen (secondary N) is 2. The molecular weight excluding hydrogens is 428 g/mol. The molecule has 0 aliphatic heterocycles. The van der Waals surface area contributed by atoms with E-state index in [1.807, 2.05) is 0 Å². The van der Waals surface area contributed by atoms with Gasteiger partial charge in [-0.2, -0.15) is 13.2 Å². The van der Waals surface area contributed by atoms with Crippen LogP contribution in [0.25, 0.3) is 0 Å². The van der Waals surface area contributed by atoms with Crippen LogP contribution in [0.1, 0.15) is 36.4 Å². The summed E-state index contributed by atoms with van der Waals surface area (Å²) in [5, 5.41) is 7.55. The monoisotopic (exact) mass is 448 g/mol. The molecule has 2 N–H and O–H groups in total. The Labute approximate surface area is 149 Å². The molecular formula is C13H20F3IN4S. The Morgan fingerprint density at radius 3 is 2.68 bits per heavy atom. The maximum Gasteiger partial charge on any atom is 0.434 e. The molecule has 0 radical (unpaired) electrons. The number of rotatable bonds is 6. The van der Waals surface area contributed by atoms with Gasteiger partial charge in [0.1, 0.15) is 5.01 Å². The average Bonchev–Trinajstić information content (AvgIpc) is 3.12. The fourth-order valence-corrected chi connectivity index (χ4v) is 2.65. The van der Waals surface area contributed by atoms with E-state index in [0.717, 1.165) is 35.6 Å². The summed E-state index contributed by atoms with van der Waals surface area (Å²) in [6, 6.07) is 0. The molecule has 0 saturated heterocycles. The van der Waals surface area contributed by atoms with Crippen LogP contribution in [0.3, 0.4) is 0 Å². The Bertz CT molecular complexity index is 486. The summed E-state index contributed by atoms with van der Waals surface area (Å²) in [6.07, 6.45) is 0.626. The van der Waals surface area contributed by atoms with Gasteiger partial charge in [-0.1, -0.05) is 12.8 Å². The molecule has 0 unspecified atom stereocenters. The summed E-state index contributed by atoms with van der Waals surface area (Å²) in [5.41, 5.74) is -0.836. The van der Waals surface area contributed by atoms with Gasteiger partial charge in [0, 0.05) is 19.0 Å². The van der Waals surface area contributed by atoms with Crippen molar-refractivity contribution < 1.29 is 13.2 Å². The minimum atomic E-state index is -4.38. The van der Waals surface area contributed by atoms with Crippen molar-refractivity contribution in [3.05, 3.63) is 16.1 Å². The topological polar surface area (TPSA) is 49.3 Å². The Morgan fingerprint density at radius 2 is 2.14 bits per heavy atom. The van der Waals surface area contributed by atoms with Crippen LogP contribution in [0, 0.1) is 5.92 Å². The second kappa shape index (κ2) is 8.90. The van der Waals surface area contributed by atoms with Crippen molar-refractivity contribution in [1.29, 1.82) is 0 Å². The molecule has 0 aromatic carbocycles. The van der Waals surface area contributed by atoms with Gasteiger partial charge in [-0.05, 0) is 18.8 Å². The zero-order valence-corrected chi connectivity index (χ0v) is 15.4. The number of hydrogen-bond acceptors (Lipinski definition) is 3. The summed E-state index contributed by atoms with van der Waals surface area (Å²) in [6.45, 7) is 1.06. The fraction of sp³-hybridized carbons (Fsp3) is 0.692. The van der Waals surface area contributed by atoms with Crippen molar-refractivity contribution in [3.8, 4) is 0 Å². The zero-order valence-electron chi connectivity index (χ0n) is 12.2. The molecule has 4 nitrogen and oxygen atoms in total. The lowest BCUT2D eigenvalue weighted by atomic mass is 10.2. The summed E-state index contributed by atoms with van der Waals surface area (Å²) in [7, 11) is 1.64. The van der Waals surface area contributed by atoms with E-state index in [1.54, 1.807) is 7.05 Å². The Balaban J connectivity index is 0.00000242. The standard InChI is InChI=1S/C13H19F3N4S.HI/c1-17-12(18-6-2-3-9-4-5-9)19-7-11-20-10(8-21-11)13(14,15)16;/h8-9H,2-7H2,1H3,(H2,17,18,19);1H. The zero-order chi connectivity index (χ0) is 15.3. The molecule has 0 spiro atoms. The number of nitrogens with zero attached hydrogens (tertiary/aromatic N) is 2. The molecule has 1 aliphatic rings. The first kappa shape index (κ1) is 19.5. The highest BCUT2D eigenvalue weighted by atomic mass is 127. The number of hydrogen-bond donors (Lipinski definition) is 2. The van der Waals surface area contributed by atoms with Crippen molar-refractivity contribution in [1.82, 2.24) is 15.6 Å². The number of guanidine groups is 1. The summed E-state index contributed by atoms with van der Waals surface area (Å²) < 4.78 is 37.3.